The van der Waals surface area contributed by atoms with Crippen LogP contribution in [-0.2, 0) is 14.3 Å². The third kappa shape index (κ3) is 2.36. The Morgan fingerprint density at radius 1 is 1.24 bits per heavy atom. The van der Waals surface area contributed by atoms with Crippen LogP contribution in [0.5, 0.6) is 0 Å². The molecule has 1 aliphatic heterocycles. The normalized spacial score (nSPS) is 31.4. The van der Waals surface area contributed by atoms with Gasteiger partial charge in [0.15, 0.2) is 11.4 Å². The second-order valence-electron chi connectivity index (χ2n) is 6.34. The molecule has 0 bridgehead atoms. The summed E-state index contributed by atoms with van der Waals surface area (Å²) in [6, 6.07) is 7.78. The van der Waals surface area contributed by atoms with Crippen molar-refractivity contribution in [2.24, 2.45) is 0 Å². The number of aliphatic carboxylic acids is 1. The first-order valence-electron chi connectivity index (χ1n) is 7.64. The standard InChI is InChI=1S/C17H22O4/c1-12-8-4-5-9-13(12)14-16(2,15(18)19)21-17(20-14)10-6-3-7-11-17/h4-5,8-9,14H,3,6-7,10-11H2,1-2H3,(H,18,19)/t14-,16+/m1/s1. The fraction of sp³-hybridized carbons (Fsp3) is 0.588. The van der Waals surface area contributed by atoms with Crippen LogP contribution < -0.4 is 0 Å². The molecule has 21 heavy (non-hydrogen) atoms. The summed E-state index contributed by atoms with van der Waals surface area (Å²) >= 11 is 0. The molecule has 0 unspecified atom stereocenters. The molecule has 0 radical (unpaired) electrons. The van der Waals surface area contributed by atoms with Crippen molar-refractivity contribution in [1.29, 1.82) is 0 Å². The molecule has 1 saturated heterocycles. The molecule has 3 rings (SSSR count). The van der Waals surface area contributed by atoms with E-state index in [1.54, 1.807) is 6.92 Å². The van der Waals surface area contributed by atoms with Gasteiger partial charge in [0.25, 0.3) is 0 Å². The minimum atomic E-state index is -1.33. The zero-order valence-corrected chi connectivity index (χ0v) is 12.6. The molecule has 1 aliphatic carbocycles. The van der Waals surface area contributed by atoms with Gasteiger partial charge in [-0.1, -0.05) is 30.7 Å². The zero-order chi connectivity index (χ0) is 15.1. The minimum Gasteiger partial charge on any atom is -0.479 e. The van der Waals surface area contributed by atoms with E-state index in [1.165, 1.54) is 0 Å². The van der Waals surface area contributed by atoms with E-state index in [2.05, 4.69) is 0 Å². The molecule has 2 atom stereocenters. The van der Waals surface area contributed by atoms with E-state index in [0.29, 0.717) is 0 Å². The van der Waals surface area contributed by atoms with Crippen molar-refractivity contribution in [3.63, 3.8) is 0 Å². The highest BCUT2D eigenvalue weighted by molar-refractivity contribution is 5.78. The Balaban J connectivity index is 2.01. The lowest BCUT2D eigenvalue weighted by Crippen LogP contribution is -2.42. The third-order valence-corrected chi connectivity index (χ3v) is 4.74. The summed E-state index contributed by atoms with van der Waals surface area (Å²) < 4.78 is 12.3. The van der Waals surface area contributed by atoms with Crippen molar-refractivity contribution in [2.45, 2.75) is 63.4 Å². The number of rotatable bonds is 2. The molecule has 1 aromatic rings. The van der Waals surface area contributed by atoms with Crippen LogP contribution >= 0.6 is 0 Å². The summed E-state index contributed by atoms with van der Waals surface area (Å²) in [6.07, 6.45) is 4.20. The first-order chi connectivity index (χ1) is 9.97. The Bertz CT molecular complexity index is 547. The molecule has 4 heteroatoms. The van der Waals surface area contributed by atoms with Crippen molar-refractivity contribution < 1.29 is 19.4 Å². The van der Waals surface area contributed by atoms with Gasteiger partial charge < -0.3 is 14.6 Å². The average molecular weight is 290 g/mol. The zero-order valence-electron chi connectivity index (χ0n) is 12.6. The summed E-state index contributed by atoms with van der Waals surface area (Å²) in [4.78, 5) is 11.8. The van der Waals surface area contributed by atoms with Gasteiger partial charge in [0.2, 0.25) is 0 Å². The smallest absolute Gasteiger partial charge is 0.338 e. The van der Waals surface area contributed by atoms with Gasteiger partial charge in [-0.15, -0.1) is 0 Å². The maximum absolute atomic E-state index is 11.8. The van der Waals surface area contributed by atoms with Crippen molar-refractivity contribution in [3.05, 3.63) is 35.4 Å². The minimum absolute atomic E-state index is 0.561. The second-order valence-corrected chi connectivity index (χ2v) is 6.34. The molecule has 0 aromatic heterocycles. The molecule has 0 amide bonds. The Morgan fingerprint density at radius 3 is 2.52 bits per heavy atom. The fourth-order valence-corrected chi connectivity index (χ4v) is 3.50. The van der Waals surface area contributed by atoms with Crippen LogP contribution in [0.25, 0.3) is 0 Å². The third-order valence-electron chi connectivity index (χ3n) is 4.74. The Kier molecular flexibility index (Phi) is 3.54. The highest BCUT2D eigenvalue weighted by Gasteiger charge is 2.59. The Hall–Kier alpha value is -1.39. The first kappa shape index (κ1) is 14.5. The topological polar surface area (TPSA) is 55.8 Å². The largest absolute Gasteiger partial charge is 0.479 e. The highest BCUT2D eigenvalue weighted by atomic mass is 16.8. The quantitative estimate of drug-likeness (QED) is 0.904. The molecule has 1 heterocycles. The molecule has 1 aromatic carbocycles. The lowest BCUT2D eigenvalue weighted by molar-refractivity contribution is -0.211. The molecule has 2 fully saturated rings. The van der Waals surface area contributed by atoms with Gasteiger partial charge in [-0.2, -0.15) is 0 Å². The molecule has 1 spiro atoms. The number of ether oxygens (including phenoxy) is 2. The van der Waals surface area contributed by atoms with Gasteiger partial charge in [-0.25, -0.2) is 4.79 Å². The van der Waals surface area contributed by atoms with Crippen LogP contribution in [0.4, 0.5) is 0 Å². The molecule has 1 N–H and O–H groups in total. The van der Waals surface area contributed by atoms with Gasteiger partial charge in [0, 0.05) is 12.8 Å². The van der Waals surface area contributed by atoms with Crippen LogP contribution in [0.3, 0.4) is 0 Å². The lowest BCUT2D eigenvalue weighted by atomic mass is 9.90. The summed E-state index contributed by atoms with van der Waals surface area (Å²) in [7, 11) is 0. The summed E-state index contributed by atoms with van der Waals surface area (Å²) in [5.74, 6) is -1.68. The van der Waals surface area contributed by atoms with E-state index in [0.717, 1.165) is 43.2 Å². The second kappa shape index (κ2) is 5.11. The van der Waals surface area contributed by atoms with Crippen LogP contribution in [0.15, 0.2) is 24.3 Å². The van der Waals surface area contributed by atoms with Crippen molar-refractivity contribution in [2.75, 3.05) is 0 Å². The number of carboxylic acid groups (broad SMARTS) is 1. The lowest BCUT2D eigenvalue weighted by Gasteiger charge is -2.32. The number of hydrogen-bond acceptors (Lipinski definition) is 3. The first-order valence-corrected chi connectivity index (χ1v) is 7.64. The predicted molar refractivity (Wildman–Crippen MR) is 77.9 cm³/mol. The van der Waals surface area contributed by atoms with Gasteiger partial charge >= 0.3 is 5.97 Å². The molecular weight excluding hydrogens is 268 g/mol. The number of hydrogen-bond donors (Lipinski definition) is 1. The van der Waals surface area contributed by atoms with Crippen molar-refractivity contribution >= 4 is 5.97 Å². The van der Waals surface area contributed by atoms with Crippen molar-refractivity contribution in [3.8, 4) is 0 Å². The highest BCUT2D eigenvalue weighted by Crippen LogP contribution is 2.51. The van der Waals surface area contributed by atoms with E-state index in [1.807, 2.05) is 31.2 Å². The van der Waals surface area contributed by atoms with E-state index >= 15 is 0 Å². The van der Waals surface area contributed by atoms with Crippen molar-refractivity contribution in [1.82, 2.24) is 0 Å². The molecule has 1 saturated carbocycles. The van der Waals surface area contributed by atoms with Crippen LogP contribution in [0.1, 0.15) is 56.3 Å². The SMILES string of the molecule is Cc1ccccc1[C@H]1OC2(CCCCC2)O[C@]1(C)C(=O)O. The van der Waals surface area contributed by atoms with Crippen LogP contribution in [0.2, 0.25) is 0 Å². The number of carboxylic acids is 1. The van der Waals surface area contributed by atoms with E-state index < -0.39 is 23.5 Å². The van der Waals surface area contributed by atoms with E-state index in [4.69, 9.17) is 9.47 Å². The molecule has 2 aliphatic rings. The van der Waals surface area contributed by atoms with Gasteiger partial charge in [0.1, 0.15) is 6.10 Å². The molecule has 4 nitrogen and oxygen atoms in total. The summed E-state index contributed by atoms with van der Waals surface area (Å²) in [5, 5.41) is 9.70. The molecule has 114 valence electrons. The number of carbonyl (C=O) groups is 1. The number of aryl methyl sites for hydroxylation is 1. The van der Waals surface area contributed by atoms with E-state index in [-0.39, 0.29) is 0 Å². The fourth-order valence-electron chi connectivity index (χ4n) is 3.50. The average Bonchev–Trinajstić information content (AvgIpc) is 2.74. The molecular formula is C17H22O4. The van der Waals surface area contributed by atoms with Gasteiger partial charge in [0.05, 0.1) is 0 Å². The van der Waals surface area contributed by atoms with Gasteiger partial charge in [-0.05, 0) is 37.8 Å². The Labute approximate surface area is 125 Å². The summed E-state index contributed by atoms with van der Waals surface area (Å²) in [6.45, 7) is 3.61. The maximum atomic E-state index is 11.8. The monoisotopic (exact) mass is 290 g/mol. The summed E-state index contributed by atoms with van der Waals surface area (Å²) in [5.41, 5.74) is 0.611. The maximum Gasteiger partial charge on any atom is 0.338 e. The predicted octanol–water partition coefficient (Wildman–Crippen LogP) is 3.59. The van der Waals surface area contributed by atoms with E-state index in [9.17, 15) is 9.90 Å². The van der Waals surface area contributed by atoms with Gasteiger partial charge in [-0.3, -0.25) is 0 Å². The number of benzene rings is 1. The van der Waals surface area contributed by atoms with Crippen LogP contribution in [-0.4, -0.2) is 22.5 Å². The van der Waals surface area contributed by atoms with Crippen LogP contribution in [0, 0.1) is 6.92 Å². The Morgan fingerprint density at radius 2 is 1.90 bits per heavy atom.